The summed E-state index contributed by atoms with van der Waals surface area (Å²) in [5.41, 5.74) is 2.09. The Balaban J connectivity index is 1.53. The summed E-state index contributed by atoms with van der Waals surface area (Å²) in [4.78, 5) is 18.6. The number of nitrogens with zero attached hydrogens (tertiary/aromatic N) is 2. The smallest absolute Gasteiger partial charge is 0.228 e. The minimum absolute atomic E-state index is 0.124. The molecule has 1 amide bonds. The van der Waals surface area contributed by atoms with E-state index < -0.39 is 0 Å². The molecule has 27 heavy (non-hydrogen) atoms. The zero-order chi connectivity index (χ0) is 18.9. The van der Waals surface area contributed by atoms with Gasteiger partial charge in [0.05, 0.1) is 24.9 Å². The van der Waals surface area contributed by atoms with E-state index in [1.165, 1.54) is 0 Å². The number of nitrogens with one attached hydrogen (secondary N) is 1. The van der Waals surface area contributed by atoms with E-state index >= 15 is 0 Å². The van der Waals surface area contributed by atoms with Crippen LogP contribution in [0, 0.1) is 0 Å². The fourth-order valence-electron chi connectivity index (χ4n) is 2.73. The molecule has 2 aromatic carbocycles. The molecule has 0 radical (unpaired) electrons. The normalized spacial score (nSPS) is 10.3. The summed E-state index contributed by atoms with van der Waals surface area (Å²) < 4.78 is 5.54. The van der Waals surface area contributed by atoms with Gasteiger partial charge in [-0.25, -0.2) is 4.98 Å². The molecule has 0 saturated heterocycles. The standard InChI is InChI=1S/C22H23N3O2/c1-2-25(18-9-5-3-6-10-18)19-13-14-21(23-17-19)24-22(26)15-16-27-20-11-7-4-8-12-20/h3-14,17H,2,15-16H2,1H3,(H,23,24,26). The van der Waals surface area contributed by atoms with Gasteiger partial charge in [-0.05, 0) is 43.3 Å². The number of ether oxygens (including phenoxy) is 1. The van der Waals surface area contributed by atoms with Gasteiger partial charge in [-0.1, -0.05) is 36.4 Å². The number of hydrogen-bond donors (Lipinski definition) is 1. The predicted molar refractivity (Wildman–Crippen MR) is 109 cm³/mol. The minimum Gasteiger partial charge on any atom is -0.493 e. The van der Waals surface area contributed by atoms with Gasteiger partial charge in [-0.2, -0.15) is 0 Å². The van der Waals surface area contributed by atoms with Gasteiger partial charge in [0.25, 0.3) is 0 Å². The van der Waals surface area contributed by atoms with Crippen molar-refractivity contribution in [1.29, 1.82) is 0 Å². The van der Waals surface area contributed by atoms with Crippen LogP contribution in [-0.4, -0.2) is 24.0 Å². The molecule has 138 valence electrons. The van der Waals surface area contributed by atoms with Crippen LogP contribution in [0.5, 0.6) is 5.75 Å². The van der Waals surface area contributed by atoms with E-state index in [0.717, 1.165) is 23.7 Å². The Morgan fingerprint density at radius 2 is 1.67 bits per heavy atom. The number of carbonyl (C=O) groups excluding carboxylic acids is 1. The molecule has 0 spiro atoms. The van der Waals surface area contributed by atoms with Crippen molar-refractivity contribution in [3.05, 3.63) is 79.0 Å². The lowest BCUT2D eigenvalue weighted by Crippen LogP contribution is -2.18. The SMILES string of the molecule is CCN(c1ccccc1)c1ccc(NC(=O)CCOc2ccccc2)nc1. The maximum absolute atomic E-state index is 12.1. The first-order valence-electron chi connectivity index (χ1n) is 9.02. The highest BCUT2D eigenvalue weighted by molar-refractivity contribution is 5.89. The van der Waals surface area contributed by atoms with E-state index in [1.54, 1.807) is 6.20 Å². The van der Waals surface area contributed by atoms with Gasteiger partial charge in [0.15, 0.2) is 0 Å². The molecule has 0 aliphatic rings. The van der Waals surface area contributed by atoms with Gasteiger partial charge in [-0.15, -0.1) is 0 Å². The summed E-state index contributed by atoms with van der Waals surface area (Å²) in [6.45, 7) is 3.25. The lowest BCUT2D eigenvalue weighted by Gasteiger charge is -2.23. The first-order valence-corrected chi connectivity index (χ1v) is 9.02. The number of amides is 1. The first kappa shape index (κ1) is 18.5. The summed E-state index contributed by atoms with van der Waals surface area (Å²) in [5.74, 6) is 1.17. The maximum atomic E-state index is 12.1. The average Bonchev–Trinajstić information content (AvgIpc) is 2.71. The van der Waals surface area contributed by atoms with Crippen molar-refractivity contribution in [2.45, 2.75) is 13.3 Å². The topological polar surface area (TPSA) is 54.5 Å². The Bertz CT molecular complexity index is 836. The van der Waals surface area contributed by atoms with Crippen molar-refractivity contribution in [2.75, 3.05) is 23.4 Å². The second-order valence-electron chi connectivity index (χ2n) is 5.94. The zero-order valence-corrected chi connectivity index (χ0v) is 15.3. The molecule has 1 N–H and O–H groups in total. The molecule has 0 aliphatic carbocycles. The van der Waals surface area contributed by atoms with Crippen molar-refractivity contribution in [3.63, 3.8) is 0 Å². The van der Waals surface area contributed by atoms with Gasteiger partial charge >= 0.3 is 0 Å². The Kier molecular flexibility index (Phi) is 6.41. The number of aromatic nitrogens is 1. The number of anilines is 3. The first-order chi connectivity index (χ1) is 13.3. The Morgan fingerprint density at radius 3 is 2.30 bits per heavy atom. The molecular weight excluding hydrogens is 338 g/mol. The highest BCUT2D eigenvalue weighted by Gasteiger charge is 2.08. The molecule has 0 fully saturated rings. The minimum atomic E-state index is -0.124. The number of pyridine rings is 1. The van der Waals surface area contributed by atoms with Crippen LogP contribution in [0.4, 0.5) is 17.2 Å². The number of rotatable bonds is 8. The zero-order valence-electron chi connectivity index (χ0n) is 15.3. The van der Waals surface area contributed by atoms with Crippen LogP contribution in [0.1, 0.15) is 13.3 Å². The van der Waals surface area contributed by atoms with E-state index in [1.807, 2.05) is 60.7 Å². The molecule has 5 heteroatoms. The average molecular weight is 361 g/mol. The van der Waals surface area contributed by atoms with Crippen molar-refractivity contribution in [3.8, 4) is 5.75 Å². The fourth-order valence-corrected chi connectivity index (χ4v) is 2.73. The van der Waals surface area contributed by atoms with Crippen LogP contribution in [0.3, 0.4) is 0 Å². The van der Waals surface area contributed by atoms with E-state index in [-0.39, 0.29) is 12.3 Å². The van der Waals surface area contributed by atoms with Crippen LogP contribution in [0.15, 0.2) is 79.0 Å². The largest absolute Gasteiger partial charge is 0.493 e. The van der Waals surface area contributed by atoms with Gasteiger partial charge in [0, 0.05) is 12.2 Å². The van der Waals surface area contributed by atoms with Crippen molar-refractivity contribution in [2.24, 2.45) is 0 Å². The summed E-state index contributed by atoms with van der Waals surface area (Å²) >= 11 is 0. The molecule has 1 aromatic heterocycles. The van der Waals surface area contributed by atoms with Crippen molar-refractivity contribution < 1.29 is 9.53 Å². The number of benzene rings is 2. The van der Waals surface area contributed by atoms with Gasteiger partial charge in [-0.3, -0.25) is 4.79 Å². The second-order valence-corrected chi connectivity index (χ2v) is 5.94. The van der Waals surface area contributed by atoms with Crippen LogP contribution in [0.25, 0.3) is 0 Å². The highest BCUT2D eigenvalue weighted by atomic mass is 16.5. The van der Waals surface area contributed by atoms with Gasteiger partial charge in [0.1, 0.15) is 11.6 Å². The molecule has 5 nitrogen and oxygen atoms in total. The molecule has 0 unspecified atom stereocenters. The summed E-state index contributed by atoms with van der Waals surface area (Å²) in [6.07, 6.45) is 2.04. The van der Waals surface area contributed by atoms with E-state index in [4.69, 9.17) is 4.74 Å². The van der Waals surface area contributed by atoms with Gasteiger partial charge < -0.3 is 15.0 Å². The molecule has 1 heterocycles. The molecule has 0 aliphatic heterocycles. The monoisotopic (exact) mass is 361 g/mol. The summed E-state index contributed by atoms with van der Waals surface area (Å²) in [6, 6.07) is 23.4. The molecule has 3 aromatic rings. The van der Waals surface area contributed by atoms with Crippen LogP contribution < -0.4 is 15.0 Å². The van der Waals surface area contributed by atoms with Crippen LogP contribution in [-0.2, 0) is 4.79 Å². The third kappa shape index (κ3) is 5.31. The lowest BCUT2D eigenvalue weighted by atomic mass is 10.2. The summed E-state index contributed by atoms with van der Waals surface area (Å²) in [7, 11) is 0. The van der Waals surface area contributed by atoms with Crippen LogP contribution >= 0.6 is 0 Å². The highest BCUT2D eigenvalue weighted by Crippen LogP contribution is 2.24. The summed E-state index contributed by atoms with van der Waals surface area (Å²) in [5, 5.41) is 2.80. The van der Waals surface area contributed by atoms with E-state index in [9.17, 15) is 4.79 Å². The van der Waals surface area contributed by atoms with Crippen LogP contribution in [0.2, 0.25) is 0 Å². The van der Waals surface area contributed by atoms with Gasteiger partial charge in [0.2, 0.25) is 5.91 Å². The van der Waals surface area contributed by atoms with Crippen molar-refractivity contribution >= 4 is 23.1 Å². The van der Waals surface area contributed by atoms with E-state index in [2.05, 4.69) is 34.3 Å². The third-order valence-corrected chi connectivity index (χ3v) is 4.05. The molecule has 0 saturated carbocycles. The maximum Gasteiger partial charge on any atom is 0.228 e. The number of carbonyl (C=O) groups is 1. The molecule has 0 atom stereocenters. The molecule has 0 bridgehead atoms. The quantitative estimate of drug-likeness (QED) is 0.635. The second kappa shape index (κ2) is 9.38. The molecule has 3 rings (SSSR count). The molecular formula is C22H23N3O2. The number of para-hydroxylation sites is 2. The third-order valence-electron chi connectivity index (χ3n) is 4.05. The Hall–Kier alpha value is -3.34. The van der Waals surface area contributed by atoms with E-state index in [0.29, 0.717) is 12.4 Å². The Morgan fingerprint density at radius 1 is 0.963 bits per heavy atom. The Labute approximate surface area is 159 Å². The fraction of sp³-hybridized carbons (Fsp3) is 0.182. The van der Waals surface area contributed by atoms with Crippen molar-refractivity contribution in [1.82, 2.24) is 4.98 Å². The lowest BCUT2D eigenvalue weighted by molar-refractivity contribution is -0.116. The number of hydrogen-bond acceptors (Lipinski definition) is 4. The predicted octanol–water partition coefficient (Wildman–Crippen LogP) is 4.65.